The van der Waals surface area contributed by atoms with E-state index < -0.39 is 0 Å². The first kappa shape index (κ1) is 15.3. The summed E-state index contributed by atoms with van der Waals surface area (Å²) in [6.07, 6.45) is 1.80. The molecule has 5 nitrogen and oxygen atoms in total. The average molecular weight is 296 g/mol. The molecule has 1 aliphatic heterocycles. The molecule has 0 bridgehead atoms. The summed E-state index contributed by atoms with van der Waals surface area (Å²) >= 11 is 1.61. The molecule has 0 aliphatic carbocycles. The molecule has 2 N–H and O–H groups in total. The van der Waals surface area contributed by atoms with Gasteiger partial charge in [-0.05, 0) is 18.4 Å². The fourth-order valence-electron chi connectivity index (χ4n) is 2.18. The summed E-state index contributed by atoms with van der Waals surface area (Å²) in [5.74, 6) is -0.0370. The van der Waals surface area contributed by atoms with E-state index in [4.69, 9.17) is 9.84 Å². The van der Waals surface area contributed by atoms with Crippen LogP contribution in [0.3, 0.4) is 0 Å². The minimum absolute atomic E-state index is 0.00652. The van der Waals surface area contributed by atoms with Crippen molar-refractivity contribution in [1.29, 1.82) is 0 Å². The van der Waals surface area contributed by atoms with Crippen molar-refractivity contribution in [2.45, 2.75) is 11.0 Å². The Hall–Kier alpha value is -1.08. The van der Waals surface area contributed by atoms with E-state index in [-0.39, 0.29) is 18.6 Å². The Morgan fingerprint density at radius 2 is 2.35 bits per heavy atom. The molecular weight excluding hydrogens is 276 g/mol. The Labute approximate surface area is 123 Å². The van der Waals surface area contributed by atoms with Crippen LogP contribution in [0.25, 0.3) is 0 Å². The van der Waals surface area contributed by atoms with Crippen LogP contribution in [0.5, 0.6) is 0 Å². The van der Waals surface area contributed by atoms with Crippen LogP contribution in [0, 0.1) is 0 Å². The van der Waals surface area contributed by atoms with Crippen molar-refractivity contribution in [3.63, 3.8) is 0 Å². The van der Waals surface area contributed by atoms with Crippen molar-refractivity contribution >= 4 is 23.4 Å². The van der Waals surface area contributed by atoms with Gasteiger partial charge >= 0.3 is 0 Å². The molecule has 0 aromatic heterocycles. The molecule has 2 rings (SSSR count). The maximum absolute atomic E-state index is 12.1. The lowest BCUT2D eigenvalue weighted by Gasteiger charge is -2.31. The van der Waals surface area contributed by atoms with E-state index in [1.807, 2.05) is 35.4 Å². The Balaban J connectivity index is 1.89. The number of hydrogen-bond acceptors (Lipinski definition) is 5. The quantitative estimate of drug-likeness (QED) is 0.795. The van der Waals surface area contributed by atoms with Gasteiger partial charge in [-0.3, -0.25) is 9.69 Å². The second kappa shape index (κ2) is 7.64. The number of aliphatic hydroxyl groups is 1. The number of nitrogens with zero attached hydrogens (tertiary/aromatic N) is 1. The predicted octanol–water partition coefficient (Wildman–Crippen LogP) is 1.04. The number of benzene rings is 1. The molecule has 1 unspecified atom stereocenters. The molecule has 0 spiro atoms. The molecule has 1 amide bonds. The normalized spacial score (nSPS) is 19.8. The zero-order chi connectivity index (χ0) is 14.4. The summed E-state index contributed by atoms with van der Waals surface area (Å²) in [5, 5.41) is 12.0. The third-order valence-electron chi connectivity index (χ3n) is 3.17. The van der Waals surface area contributed by atoms with Gasteiger partial charge in [0.05, 0.1) is 31.5 Å². The van der Waals surface area contributed by atoms with Gasteiger partial charge in [0.25, 0.3) is 0 Å². The molecule has 20 heavy (non-hydrogen) atoms. The van der Waals surface area contributed by atoms with Gasteiger partial charge in [0.2, 0.25) is 5.91 Å². The van der Waals surface area contributed by atoms with Gasteiger partial charge < -0.3 is 15.2 Å². The molecule has 0 saturated carbocycles. The van der Waals surface area contributed by atoms with E-state index >= 15 is 0 Å². The number of para-hydroxylation sites is 1. The van der Waals surface area contributed by atoms with Crippen LogP contribution in [0.1, 0.15) is 0 Å². The molecule has 1 atom stereocenters. The second-order valence-corrected chi connectivity index (χ2v) is 5.51. The lowest BCUT2D eigenvalue weighted by molar-refractivity contribution is -0.120. The molecule has 110 valence electrons. The number of carbonyl (C=O) groups excluding carboxylic acids is 1. The first-order valence-corrected chi connectivity index (χ1v) is 7.83. The first-order chi connectivity index (χ1) is 9.72. The van der Waals surface area contributed by atoms with Crippen LogP contribution in [0.4, 0.5) is 5.69 Å². The number of morpholine rings is 1. The number of hydrogen-bond donors (Lipinski definition) is 2. The summed E-state index contributed by atoms with van der Waals surface area (Å²) in [6.45, 7) is 2.18. The SMILES string of the molecule is CSc1ccccc1NC(=O)CN1CCOC(CO)C1. The maximum atomic E-state index is 12.1. The number of aliphatic hydroxyl groups excluding tert-OH is 1. The highest BCUT2D eigenvalue weighted by Gasteiger charge is 2.21. The van der Waals surface area contributed by atoms with E-state index in [1.165, 1.54) is 0 Å². The molecule has 1 fully saturated rings. The fourth-order valence-corrected chi connectivity index (χ4v) is 2.73. The van der Waals surface area contributed by atoms with E-state index in [1.54, 1.807) is 11.8 Å². The second-order valence-electron chi connectivity index (χ2n) is 4.66. The summed E-state index contributed by atoms with van der Waals surface area (Å²) in [7, 11) is 0. The van der Waals surface area contributed by atoms with Crippen LogP contribution in [-0.4, -0.2) is 61.1 Å². The minimum Gasteiger partial charge on any atom is -0.394 e. The zero-order valence-corrected chi connectivity index (χ0v) is 12.4. The topological polar surface area (TPSA) is 61.8 Å². The fraction of sp³-hybridized carbons (Fsp3) is 0.500. The number of nitrogens with one attached hydrogen (secondary N) is 1. The Bertz CT molecular complexity index is 456. The van der Waals surface area contributed by atoms with Gasteiger partial charge in [0, 0.05) is 18.0 Å². The highest BCUT2D eigenvalue weighted by atomic mass is 32.2. The van der Waals surface area contributed by atoms with Gasteiger partial charge in [-0.15, -0.1) is 11.8 Å². The van der Waals surface area contributed by atoms with Gasteiger partial charge in [-0.1, -0.05) is 12.1 Å². The summed E-state index contributed by atoms with van der Waals surface area (Å²) in [6, 6.07) is 7.75. The Morgan fingerprint density at radius 3 is 3.10 bits per heavy atom. The van der Waals surface area contributed by atoms with Crippen molar-refractivity contribution in [3.05, 3.63) is 24.3 Å². The minimum atomic E-state index is -0.185. The first-order valence-electron chi connectivity index (χ1n) is 6.60. The van der Waals surface area contributed by atoms with Crippen LogP contribution in [0.2, 0.25) is 0 Å². The summed E-state index contributed by atoms with van der Waals surface area (Å²) in [5.41, 5.74) is 0.844. The van der Waals surface area contributed by atoms with Crippen LogP contribution >= 0.6 is 11.8 Å². The maximum Gasteiger partial charge on any atom is 0.238 e. The lowest BCUT2D eigenvalue weighted by Crippen LogP contribution is -2.46. The standard InChI is InChI=1S/C14H20N2O3S/c1-20-13-5-3-2-4-12(13)15-14(18)9-16-6-7-19-11(8-16)10-17/h2-5,11,17H,6-10H2,1H3,(H,15,18). The lowest BCUT2D eigenvalue weighted by atomic mass is 10.2. The third-order valence-corrected chi connectivity index (χ3v) is 3.97. The number of ether oxygens (including phenoxy) is 1. The van der Waals surface area contributed by atoms with E-state index in [0.29, 0.717) is 26.2 Å². The van der Waals surface area contributed by atoms with Gasteiger partial charge in [-0.2, -0.15) is 0 Å². The van der Waals surface area contributed by atoms with E-state index in [9.17, 15) is 4.79 Å². The molecular formula is C14H20N2O3S. The predicted molar refractivity (Wildman–Crippen MR) is 80.1 cm³/mol. The monoisotopic (exact) mass is 296 g/mol. The van der Waals surface area contributed by atoms with E-state index in [0.717, 1.165) is 10.6 Å². The number of anilines is 1. The number of rotatable bonds is 5. The van der Waals surface area contributed by atoms with Gasteiger partial charge in [0.15, 0.2) is 0 Å². The molecule has 1 saturated heterocycles. The average Bonchev–Trinajstić information content (AvgIpc) is 2.48. The molecule has 1 heterocycles. The van der Waals surface area contributed by atoms with Gasteiger partial charge in [-0.25, -0.2) is 0 Å². The molecule has 0 radical (unpaired) electrons. The van der Waals surface area contributed by atoms with Crippen molar-refractivity contribution in [2.24, 2.45) is 0 Å². The number of amides is 1. The largest absolute Gasteiger partial charge is 0.394 e. The smallest absolute Gasteiger partial charge is 0.238 e. The molecule has 6 heteroatoms. The number of thioether (sulfide) groups is 1. The van der Waals surface area contributed by atoms with Crippen LogP contribution in [0.15, 0.2) is 29.2 Å². The zero-order valence-electron chi connectivity index (χ0n) is 11.5. The summed E-state index contributed by atoms with van der Waals surface area (Å²) in [4.78, 5) is 15.1. The Kier molecular flexibility index (Phi) is 5.85. The van der Waals surface area contributed by atoms with Crippen LogP contribution in [-0.2, 0) is 9.53 Å². The van der Waals surface area contributed by atoms with Gasteiger partial charge in [0.1, 0.15) is 0 Å². The summed E-state index contributed by atoms with van der Waals surface area (Å²) < 4.78 is 5.37. The van der Waals surface area contributed by atoms with Crippen molar-refractivity contribution in [2.75, 3.05) is 44.4 Å². The molecule has 1 aromatic carbocycles. The van der Waals surface area contributed by atoms with E-state index in [2.05, 4.69) is 5.32 Å². The van der Waals surface area contributed by atoms with Crippen molar-refractivity contribution < 1.29 is 14.6 Å². The van der Waals surface area contributed by atoms with Crippen molar-refractivity contribution in [3.8, 4) is 0 Å². The highest BCUT2D eigenvalue weighted by molar-refractivity contribution is 7.98. The third kappa shape index (κ3) is 4.21. The Morgan fingerprint density at radius 1 is 1.55 bits per heavy atom. The molecule has 1 aliphatic rings. The highest BCUT2D eigenvalue weighted by Crippen LogP contribution is 2.24. The number of carbonyl (C=O) groups is 1. The van der Waals surface area contributed by atoms with Crippen LogP contribution < -0.4 is 5.32 Å². The van der Waals surface area contributed by atoms with Crippen molar-refractivity contribution in [1.82, 2.24) is 4.90 Å². The molecule has 1 aromatic rings.